The van der Waals surface area contributed by atoms with Gasteiger partial charge in [0.25, 0.3) is 0 Å². The van der Waals surface area contributed by atoms with Gasteiger partial charge in [-0.05, 0) is 26.0 Å². The van der Waals surface area contributed by atoms with E-state index < -0.39 is 17.6 Å². The molecule has 0 fully saturated rings. The largest absolute Gasteiger partial charge is 0.418 e. The summed E-state index contributed by atoms with van der Waals surface area (Å²) in [5.74, 6) is -0.357. The molecule has 0 bridgehead atoms. The second kappa shape index (κ2) is 4.99. The number of rotatable bonds is 2. The van der Waals surface area contributed by atoms with Gasteiger partial charge in [0.1, 0.15) is 0 Å². The molecule has 20 heavy (non-hydrogen) atoms. The van der Waals surface area contributed by atoms with Crippen LogP contribution in [0.25, 0.3) is 10.9 Å². The van der Waals surface area contributed by atoms with E-state index in [2.05, 4.69) is 15.5 Å². The lowest BCUT2D eigenvalue weighted by Gasteiger charge is -2.07. The number of carbonyl (C=O) groups excluding carboxylic acids is 1. The number of fused-ring (bicyclic) bond motifs is 1. The second-order valence-electron chi connectivity index (χ2n) is 4.51. The number of anilines is 1. The number of nitrogens with zero attached hydrogens (tertiary/aromatic N) is 1. The number of aromatic nitrogens is 2. The number of hydrogen-bond acceptors (Lipinski definition) is 2. The molecule has 0 aliphatic heterocycles. The van der Waals surface area contributed by atoms with Crippen molar-refractivity contribution in [3.8, 4) is 0 Å². The van der Waals surface area contributed by atoms with Gasteiger partial charge in [0.15, 0.2) is 5.82 Å². The van der Waals surface area contributed by atoms with Gasteiger partial charge in [-0.2, -0.15) is 18.3 Å². The predicted molar refractivity (Wildman–Crippen MR) is 69.2 cm³/mol. The topological polar surface area (TPSA) is 57.8 Å². The fourth-order valence-electron chi connectivity index (χ4n) is 1.79. The van der Waals surface area contributed by atoms with Crippen LogP contribution >= 0.6 is 0 Å². The number of alkyl halides is 3. The quantitative estimate of drug-likeness (QED) is 0.829. The van der Waals surface area contributed by atoms with Gasteiger partial charge in [-0.3, -0.25) is 9.89 Å². The number of allylic oxidation sites excluding steroid dienone is 1. The normalized spacial score (nSPS) is 11.4. The average molecular weight is 283 g/mol. The molecule has 106 valence electrons. The minimum Gasteiger partial charge on any atom is -0.305 e. The Bertz CT molecular complexity index is 682. The molecule has 7 heteroatoms. The van der Waals surface area contributed by atoms with Gasteiger partial charge in [-0.15, -0.1) is 0 Å². The van der Waals surface area contributed by atoms with Gasteiger partial charge in [0.05, 0.1) is 11.1 Å². The highest BCUT2D eigenvalue weighted by molar-refractivity contribution is 6.05. The van der Waals surface area contributed by atoms with Crippen molar-refractivity contribution in [1.82, 2.24) is 10.2 Å². The Balaban J connectivity index is 2.44. The van der Waals surface area contributed by atoms with Crippen LogP contribution in [0.1, 0.15) is 19.4 Å². The molecule has 1 aromatic carbocycles. The summed E-state index contributed by atoms with van der Waals surface area (Å²) >= 11 is 0. The van der Waals surface area contributed by atoms with E-state index in [4.69, 9.17) is 0 Å². The molecule has 0 saturated heterocycles. The van der Waals surface area contributed by atoms with Crippen molar-refractivity contribution >= 4 is 22.6 Å². The lowest BCUT2D eigenvalue weighted by Crippen LogP contribution is -2.09. The molecular formula is C13H12F3N3O. The minimum absolute atomic E-state index is 0.0774. The third kappa shape index (κ3) is 2.81. The van der Waals surface area contributed by atoms with Crippen LogP contribution in [0.4, 0.5) is 19.0 Å². The molecule has 4 nitrogen and oxygen atoms in total. The first kappa shape index (κ1) is 14.1. The Labute approximate surface area is 112 Å². The molecule has 2 aromatic rings. The molecule has 0 spiro atoms. The zero-order chi connectivity index (χ0) is 14.9. The molecule has 1 aromatic heterocycles. The summed E-state index contributed by atoms with van der Waals surface area (Å²) in [6.07, 6.45) is -3.14. The summed E-state index contributed by atoms with van der Waals surface area (Å²) in [6.45, 7) is 3.48. The first-order chi connectivity index (χ1) is 9.29. The highest BCUT2D eigenvalue weighted by atomic mass is 19.4. The molecule has 2 N–H and O–H groups in total. The Hall–Kier alpha value is -2.31. The maximum absolute atomic E-state index is 12.8. The van der Waals surface area contributed by atoms with Crippen LogP contribution in [0.15, 0.2) is 29.8 Å². The minimum atomic E-state index is -4.48. The Morgan fingerprint density at radius 2 is 2.05 bits per heavy atom. The van der Waals surface area contributed by atoms with E-state index in [-0.39, 0.29) is 16.7 Å². The molecular weight excluding hydrogens is 271 g/mol. The standard InChI is InChI=1S/C13H12F3N3O/c1-7(2)6-10(20)17-12-8-4-3-5-9(13(14,15)16)11(8)18-19-12/h3-6H,1-2H3,(H2,17,18,19,20). The van der Waals surface area contributed by atoms with Crippen LogP contribution in [0.2, 0.25) is 0 Å². The van der Waals surface area contributed by atoms with E-state index in [1.165, 1.54) is 18.2 Å². The third-order valence-electron chi connectivity index (χ3n) is 2.57. The number of nitrogens with one attached hydrogen (secondary N) is 2. The molecule has 0 aliphatic rings. The predicted octanol–water partition coefficient (Wildman–Crippen LogP) is 3.49. The average Bonchev–Trinajstić information content (AvgIpc) is 2.70. The number of benzene rings is 1. The lowest BCUT2D eigenvalue weighted by atomic mass is 10.1. The third-order valence-corrected chi connectivity index (χ3v) is 2.57. The van der Waals surface area contributed by atoms with Crippen molar-refractivity contribution in [3.63, 3.8) is 0 Å². The van der Waals surface area contributed by atoms with Gasteiger partial charge in [0, 0.05) is 11.5 Å². The molecule has 1 heterocycles. The monoisotopic (exact) mass is 283 g/mol. The van der Waals surface area contributed by atoms with Crippen LogP contribution in [0, 0.1) is 0 Å². The smallest absolute Gasteiger partial charge is 0.305 e. The van der Waals surface area contributed by atoms with E-state index in [9.17, 15) is 18.0 Å². The van der Waals surface area contributed by atoms with Crippen molar-refractivity contribution in [1.29, 1.82) is 0 Å². The van der Waals surface area contributed by atoms with Crippen molar-refractivity contribution in [2.24, 2.45) is 0 Å². The lowest BCUT2D eigenvalue weighted by molar-refractivity contribution is -0.136. The van der Waals surface area contributed by atoms with Gasteiger partial charge < -0.3 is 5.32 Å². The fraction of sp³-hybridized carbons (Fsp3) is 0.231. The number of hydrogen-bond donors (Lipinski definition) is 2. The molecule has 0 radical (unpaired) electrons. The number of carbonyl (C=O) groups is 1. The molecule has 0 saturated carbocycles. The highest BCUT2D eigenvalue weighted by Crippen LogP contribution is 2.35. The Morgan fingerprint density at radius 1 is 1.35 bits per heavy atom. The summed E-state index contributed by atoms with van der Waals surface area (Å²) in [5, 5.41) is 8.71. The number of H-pyrrole nitrogens is 1. The Morgan fingerprint density at radius 3 is 2.65 bits per heavy atom. The van der Waals surface area contributed by atoms with Gasteiger partial charge >= 0.3 is 6.18 Å². The van der Waals surface area contributed by atoms with Crippen LogP contribution in [-0.2, 0) is 11.0 Å². The maximum atomic E-state index is 12.8. The van der Waals surface area contributed by atoms with Crippen molar-refractivity contribution in [2.45, 2.75) is 20.0 Å². The van der Waals surface area contributed by atoms with E-state index in [1.807, 2.05) is 0 Å². The van der Waals surface area contributed by atoms with Crippen molar-refractivity contribution < 1.29 is 18.0 Å². The van der Waals surface area contributed by atoms with E-state index in [0.29, 0.717) is 0 Å². The van der Waals surface area contributed by atoms with Crippen LogP contribution in [0.3, 0.4) is 0 Å². The molecule has 0 atom stereocenters. The van der Waals surface area contributed by atoms with Crippen LogP contribution < -0.4 is 5.32 Å². The summed E-state index contributed by atoms with van der Waals surface area (Å²) in [6, 6.07) is 3.70. The first-order valence-electron chi connectivity index (χ1n) is 5.79. The molecule has 0 unspecified atom stereocenters. The van der Waals surface area contributed by atoms with Gasteiger partial charge in [-0.25, -0.2) is 0 Å². The number of para-hydroxylation sites is 1. The zero-order valence-corrected chi connectivity index (χ0v) is 10.8. The van der Waals surface area contributed by atoms with E-state index >= 15 is 0 Å². The van der Waals surface area contributed by atoms with Gasteiger partial charge in [-0.1, -0.05) is 11.6 Å². The summed E-state index contributed by atoms with van der Waals surface area (Å²) in [4.78, 5) is 11.6. The van der Waals surface area contributed by atoms with Gasteiger partial charge in [0.2, 0.25) is 5.91 Å². The fourth-order valence-corrected chi connectivity index (χ4v) is 1.79. The summed E-state index contributed by atoms with van der Waals surface area (Å²) in [7, 11) is 0. The molecule has 0 aliphatic carbocycles. The van der Waals surface area contributed by atoms with Crippen LogP contribution in [0.5, 0.6) is 0 Å². The van der Waals surface area contributed by atoms with Crippen molar-refractivity contribution in [2.75, 3.05) is 5.32 Å². The Kier molecular flexibility index (Phi) is 3.52. The number of aromatic amines is 1. The number of halogens is 3. The SMILES string of the molecule is CC(C)=CC(=O)Nc1n[nH]c2c(C(F)(F)F)cccc12. The number of amides is 1. The zero-order valence-electron chi connectivity index (χ0n) is 10.8. The molecule has 2 rings (SSSR count). The summed E-state index contributed by atoms with van der Waals surface area (Å²) in [5.41, 5.74) is -0.184. The summed E-state index contributed by atoms with van der Waals surface area (Å²) < 4.78 is 38.5. The maximum Gasteiger partial charge on any atom is 0.418 e. The van der Waals surface area contributed by atoms with Crippen molar-refractivity contribution in [3.05, 3.63) is 35.4 Å². The first-order valence-corrected chi connectivity index (χ1v) is 5.79. The van der Waals surface area contributed by atoms with E-state index in [0.717, 1.165) is 11.6 Å². The van der Waals surface area contributed by atoms with Crippen LogP contribution in [-0.4, -0.2) is 16.1 Å². The van der Waals surface area contributed by atoms with E-state index in [1.54, 1.807) is 13.8 Å². The molecule has 1 amide bonds. The second-order valence-corrected chi connectivity index (χ2v) is 4.51. The highest BCUT2D eigenvalue weighted by Gasteiger charge is 2.33.